The van der Waals surface area contributed by atoms with Gasteiger partial charge in [0.25, 0.3) is 0 Å². The van der Waals surface area contributed by atoms with Gasteiger partial charge in [-0.15, -0.1) is 24.0 Å². The number of anilines is 1. The Morgan fingerprint density at radius 2 is 2.09 bits per heavy atom. The van der Waals surface area contributed by atoms with E-state index in [1.165, 1.54) is 12.1 Å². The molecule has 1 atom stereocenters. The van der Waals surface area contributed by atoms with Gasteiger partial charge in [-0.2, -0.15) is 13.2 Å². The van der Waals surface area contributed by atoms with Crippen LogP contribution < -0.4 is 20.3 Å². The van der Waals surface area contributed by atoms with Crippen molar-refractivity contribution in [1.82, 2.24) is 20.6 Å². The molecule has 2 N–H and O–H groups in total. The number of aromatic nitrogens is 2. The number of hydrogen-bond donors (Lipinski definition) is 2. The van der Waals surface area contributed by atoms with Gasteiger partial charge in [-0.25, -0.2) is 19.4 Å². The van der Waals surface area contributed by atoms with Gasteiger partial charge in [0.15, 0.2) is 17.6 Å². The van der Waals surface area contributed by atoms with Crippen molar-refractivity contribution in [3.63, 3.8) is 0 Å². The summed E-state index contributed by atoms with van der Waals surface area (Å²) in [5.41, 5.74) is -0.826. The molecule has 0 amide bonds. The van der Waals surface area contributed by atoms with Gasteiger partial charge in [0, 0.05) is 44.1 Å². The molecule has 0 bridgehead atoms. The first-order valence-corrected chi connectivity index (χ1v) is 9.93. The maximum absolute atomic E-state index is 13.9. The Morgan fingerprint density at radius 1 is 1.28 bits per heavy atom. The number of aliphatic imine (C=N–C) groups is 1. The minimum atomic E-state index is -4.43. The average molecular weight is 568 g/mol. The topological polar surface area (TPSA) is 74.7 Å². The summed E-state index contributed by atoms with van der Waals surface area (Å²) in [4.78, 5) is 14.1. The largest absolute Gasteiger partial charge is 0.476 e. The van der Waals surface area contributed by atoms with Crippen LogP contribution in [0.25, 0.3) is 0 Å². The molecule has 0 saturated carbocycles. The van der Waals surface area contributed by atoms with Gasteiger partial charge in [-0.3, -0.25) is 0 Å². The fourth-order valence-corrected chi connectivity index (χ4v) is 3.13. The second kappa shape index (κ2) is 12.0. The van der Waals surface area contributed by atoms with Crippen LogP contribution in [0.4, 0.5) is 23.4 Å². The number of pyridine rings is 2. The van der Waals surface area contributed by atoms with Crippen molar-refractivity contribution in [2.45, 2.75) is 25.6 Å². The standard InChI is InChI=1S/C20H24F4N6O.HI/c1-2-25-19(27-9-11-31-17-6-5-14(12-28-17)20(22,23)24)29-15-7-10-30(13-15)18-16(21)4-3-8-26-18;/h3-6,8,12,15H,2,7,9-11,13H2,1H3,(H2,25,27,29);1H. The van der Waals surface area contributed by atoms with Crippen molar-refractivity contribution in [3.05, 3.63) is 48.0 Å². The van der Waals surface area contributed by atoms with Crippen molar-refractivity contribution in [2.75, 3.05) is 37.7 Å². The summed E-state index contributed by atoms with van der Waals surface area (Å²) >= 11 is 0. The predicted molar refractivity (Wildman–Crippen MR) is 124 cm³/mol. The van der Waals surface area contributed by atoms with Crippen LogP contribution in [0.2, 0.25) is 0 Å². The molecule has 0 spiro atoms. The van der Waals surface area contributed by atoms with Crippen molar-refractivity contribution >= 4 is 35.8 Å². The lowest BCUT2D eigenvalue weighted by Gasteiger charge is -2.20. The molecule has 1 aliphatic rings. The quantitative estimate of drug-likeness (QED) is 0.175. The van der Waals surface area contributed by atoms with Gasteiger partial charge in [0.2, 0.25) is 5.88 Å². The SMILES string of the molecule is CCNC(=NCCOc1ccc(C(F)(F)F)cn1)NC1CCN(c2ncccc2F)C1.I. The fourth-order valence-electron chi connectivity index (χ4n) is 3.13. The van der Waals surface area contributed by atoms with E-state index in [1.807, 2.05) is 11.8 Å². The van der Waals surface area contributed by atoms with Crippen LogP contribution in [0.1, 0.15) is 18.9 Å². The first kappa shape index (κ1) is 25.9. The number of nitrogens with one attached hydrogen (secondary N) is 2. The van der Waals surface area contributed by atoms with Crippen molar-refractivity contribution in [1.29, 1.82) is 0 Å². The van der Waals surface area contributed by atoms with Gasteiger partial charge in [0.1, 0.15) is 6.61 Å². The third-order valence-corrected chi connectivity index (χ3v) is 4.59. The smallest absolute Gasteiger partial charge is 0.417 e. The molecular formula is C20H25F4IN6O. The van der Waals surface area contributed by atoms with E-state index < -0.39 is 11.7 Å². The maximum Gasteiger partial charge on any atom is 0.417 e. The molecule has 3 heterocycles. The van der Waals surface area contributed by atoms with Crippen molar-refractivity contribution in [2.24, 2.45) is 4.99 Å². The molecule has 12 heteroatoms. The summed E-state index contributed by atoms with van der Waals surface area (Å²) in [5, 5.41) is 6.44. The maximum atomic E-state index is 13.9. The zero-order chi connectivity index (χ0) is 22.3. The lowest BCUT2D eigenvalue weighted by atomic mass is 10.3. The minimum absolute atomic E-state index is 0. The van der Waals surface area contributed by atoms with E-state index in [1.54, 1.807) is 12.3 Å². The van der Waals surface area contributed by atoms with Gasteiger partial charge >= 0.3 is 6.18 Å². The summed E-state index contributed by atoms with van der Waals surface area (Å²) in [6.07, 6.45) is -1.33. The van der Waals surface area contributed by atoms with E-state index in [2.05, 4.69) is 25.6 Å². The number of guanidine groups is 1. The van der Waals surface area contributed by atoms with Gasteiger partial charge < -0.3 is 20.3 Å². The zero-order valence-electron chi connectivity index (χ0n) is 17.4. The number of rotatable bonds is 7. The zero-order valence-corrected chi connectivity index (χ0v) is 19.7. The molecule has 7 nitrogen and oxygen atoms in total. The Hall–Kier alpha value is -2.38. The minimum Gasteiger partial charge on any atom is -0.476 e. The second-order valence-corrected chi connectivity index (χ2v) is 6.88. The number of halogens is 5. The molecule has 0 aliphatic carbocycles. The van der Waals surface area contributed by atoms with Crippen LogP contribution in [0.3, 0.4) is 0 Å². The molecule has 176 valence electrons. The Kier molecular flexibility index (Phi) is 9.72. The molecule has 0 aromatic carbocycles. The lowest BCUT2D eigenvalue weighted by molar-refractivity contribution is -0.137. The van der Waals surface area contributed by atoms with Crippen LogP contribution in [0.15, 0.2) is 41.7 Å². The van der Waals surface area contributed by atoms with Crippen LogP contribution in [-0.4, -0.2) is 54.8 Å². The molecule has 2 aromatic heterocycles. The summed E-state index contributed by atoms with van der Waals surface area (Å²) < 4.78 is 57.0. The highest BCUT2D eigenvalue weighted by Gasteiger charge is 2.30. The molecule has 1 aliphatic heterocycles. The van der Waals surface area contributed by atoms with Gasteiger partial charge in [-0.1, -0.05) is 0 Å². The van der Waals surface area contributed by atoms with E-state index >= 15 is 0 Å². The Labute approximate surface area is 200 Å². The molecule has 2 aromatic rings. The molecule has 1 saturated heterocycles. The van der Waals surface area contributed by atoms with E-state index in [0.717, 1.165) is 18.7 Å². The second-order valence-electron chi connectivity index (χ2n) is 6.88. The first-order chi connectivity index (χ1) is 14.9. The van der Waals surface area contributed by atoms with Crippen molar-refractivity contribution < 1.29 is 22.3 Å². The summed E-state index contributed by atoms with van der Waals surface area (Å²) in [7, 11) is 0. The highest BCUT2D eigenvalue weighted by Crippen LogP contribution is 2.29. The Bertz CT molecular complexity index is 881. The summed E-state index contributed by atoms with van der Waals surface area (Å²) in [6.45, 7) is 4.29. The molecular weight excluding hydrogens is 543 g/mol. The Balaban J connectivity index is 0.00000363. The third kappa shape index (κ3) is 7.35. The first-order valence-electron chi connectivity index (χ1n) is 9.93. The average Bonchev–Trinajstić information content (AvgIpc) is 3.19. The van der Waals surface area contributed by atoms with E-state index in [-0.39, 0.29) is 54.9 Å². The molecule has 0 radical (unpaired) electrons. The van der Waals surface area contributed by atoms with Crippen LogP contribution in [0.5, 0.6) is 5.88 Å². The number of alkyl halides is 3. The molecule has 32 heavy (non-hydrogen) atoms. The van der Waals surface area contributed by atoms with E-state index in [0.29, 0.717) is 31.4 Å². The van der Waals surface area contributed by atoms with Gasteiger partial charge in [0.05, 0.1) is 12.1 Å². The van der Waals surface area contributed by atoms with Crippen LogP contribution in [0, 0.1) is 5.82 Å². The molecule has 1 unspecified atom stereocenters. The van der Waals surface area contributed by atoms with Crippen LogP contribution in [-0.2, 0) is 6.18 Å². The third-order valence-electron chi connectivity index (χ3n) is 4.59. The predicted octanol–water partition coefficient (Wildman–Crippen LogP) is 3.47. The molecule has 3 rings (SSSR count). The monoisotopic (exact) mass is 568 g/mol. The highest BCUT2D eigenvalue weighted by molar-refractivity contribution is 14.0. The summed E-state index contributed by atoms with van der Waals surface area (Å²) in [5.74, 6) is 0.675. The van der Waals surface area contributed by atoms with E-state index in [4.69, 9.17) is 4.74 Å². The van der Waals surface area contributed by atoms with Crippen molar-refractivity contribution in [3.8, 4) is 5.88 Å². The number of nitrogens with zero attached hydrogens (tertiary/aromatic N) is 4. The van der Waals surface area contributed by atoms with Crippen LogP contribution >= 0.6 is 24.0 Å². The van der Waals surface area contributed by atoms with Gasteiger partial charge in [-0.05, 0) is 31.5 Å². The highest BCUT2D eigenvalue weighted by atomic mass is 127. The summed E-state index contributed by atoms with van der Waals surface area (Å²) in [6, 6.07) is 5.12. The fraction of sp³-hybridized carbons (Fsp3) is 0.450. The lowest BCUT2D eigenvalue weighted by Crippen LogP contribution is -2.45. The molecule has 1 fully saturated rings. The Morgan fingerprint density at radius 3 is 2.75 bits per heavy atom. The normalized spacial score (nSPS) is 16.5. The number of ether oxygens (including phenoxy) is 1. The number of hydrogen-bond acceptors (Lipinski definition) is 5. The van der Waals surface area contributed by atoms with E-state index in [9.17, 15) is 17.6 Å².